The van der Waals surface area contributed by atoms with E-state index >= 15 is 0 Å². The van der Waals surface area contributed by atoms with Crippen molar-refractivity contribution >= 4 is 11.6 Å². The van der Waals surface area contributed by atoms with Gasteiger partial charge in [-0.05, 0) is 18.9 Å². The fourth-order valence-electron chi connectivity index (χ4n) is 2.52. The third kappa shape index (κ3) is 2.47. The molecule has 0 atom stereocenters. The highest BCUT2D eigenvalue weighted by Gasteiger charge is 2.52. The lowest BCUT2D eigenvalue weighted by Gasteiger charge is -2.18. The first-order valence-electron chi connectivity index (χ1n) is 7.00. The molecule has 22 heavy (non-hydrogen) atoms. The van der Waals surface area contributed by atoms with Crippen LogP contribution in [0.5, 0.6) is 11.8 Å². The fraction of sp³-hybridized carbons (Fsp3) is 0.312. The Morgan fingerprint density at radius 1 is 1.14 bits per heavy atom. The molecule has 0 radical (unpaired) electrons. The standard InChI is InChI=1S/C16H17N3O3/c1-21-13-6-4-3-5-12(13)16(7-8-16)14(20)19-11-9-17-15(22-2)18-10-11/h3-6,9-10H,7-8H2,1-2H3,(H,19,20). The van der Waals surface area contributed by atoms with Gasteiger partial charge in [0.25, 0.3) is 0 Å². The molecule has 1 aliphatic carbocycles. The highest BCUT2D eigenvalue weighted by Crippen LogP contribution is 2.51. The number of carbonyl (C=O) groups excluding carboxylic acids is 1. The molecule has 0 aliphatic heterocycles. The number of rotatable bonds is 5. The number of methoxy groups -OCH3 is 2. The van der Waals surface area contributed by atoms with Crippen LogP contribution in [0.2, 0.25) is 0 Å². The summed E-state index contributed by atoms with van der Waals surface area (Å²) >= 11 is 0. The maximum absolute atomic E-state index is 12.7. The first-order chi connectivity index (χ1) is 10.7. The van der Waals surface area contributed by atoms with E-state index in [0.29, 0.717) is 5.69 Å². The third-order valence-electron chi connectivity index (χ3n) is 3.88. The van der Waals surface area contributed by atoms with Crippen LogP contribution in [0.1, 0.15) is 18.4 Å². The summed E-state index contributed by atoms with van der Waals surface area (Å²) in [7, 11) is 3.11. The van der Waals surface area contributed by atoms with E-state index in [9.17, 15) is 4.79 Å². The second kappa shape index (κ2) is 5.63. The van der Waals surface area contributed by atoms with Crippen molar-refractivity contribution < 1.29 is 14.3 Å². The van der Waals surface area contributed by atoms with Crippen LogP contribution < -0.4 is 14.8 Å². The van der Waals surface area contributed by atoms with Gasteiger partial charge < -0.3 is 14.8 Å². The number of para-hydroxylation sites is 1. The Morgan fingerprint density at radius 3 is 2.41 bits per heavy atom. The lowest BCUT2D eigenvalue weighted by atomic mass is 9.94. The zero-order valence-corrected chi connectivity index (χ0v) is 12.5. The van der Waals surface area contributed by atoms with Crippen molar-refractivity contribution in [3.63, 3.8) is 0 Å². The van der Waals surface area contributed by atoms with E-state index in [4.69, 9.17) is 9.47 Å². The quantitative estimate of drug-likeness (QED) is 0.916. The van der Waals surface area contributed by atoms with Crippen LogP contribution in [0.4, 0.5) is 5.69 Å². The van der Waals surface area contributed by atoms with Crippen molar-refractivity contribution in [3.05, 3.63) is 42.2 Å². The van der Waals surface area contributed by atoms with E-state index in [1.807, 2.05) is 24.3 Å². The minimum atomic E-state index is -0.521. The van der Waals surface area contributed by atoms with Crippen LogP contribution in [0.3, 0.4) is 0 Å². The van der Waals surface area contributed by atoms with Gasteiger partial charge >= 0.3 is 6.01 Å². The number of anilines is 1. The summed E-state index contributed by atoms with van der Waals surface area (Å²) in [6, 6.07) is 7.90. The van der Waals surface area contributed by atoms with Crippen LogP contribution in [0, 0.1) is 0 Å². The fourth-order valence-corrected chi connectivity index (χ4v) is 2.52. The monoisotopic (exact) mass is 299 g/mol. The SMILES string of the molecule is COc1ncc(NC(=O)C2(c3ccccc3OC)CC2)cn1. The maximum Gasteiger partial charge on any atom is 0.316 e. The van der Waals surface area contributed by atoms with Crippen LogP contribution in [-0.2, 0) is 10.2 Å². The van der Waals surface area contributed by atoms with Crippen molar-refractivity contribution in [1.82, 2.24) is 9.97 Å². The van der Waals surface area contributed by atoms with Gasteiger partial charge in [-0.25, -0.2) is 9.97 Å². The molecule has 2 aromatic rings. The van der Waals surface area contributed by atoms with Gasteiger partial charge in [-0.3, -0.25) is 4.79 Å². The van der Waals surface area contributed by atoms with E-state index in [-0.39, 0.29) is 11.9 Å². The predicted octanol–water partition coefficient (Wildman–Crippen LogP) is 2.16. The predicted molar refractivity (Wildman–Crippen MR) is 81.1 cm³/mol. The number of aromatic nitrogens is 2. The van der Waals surface area contributed by atoms with Gasteiger partial charge in [0, 0.05) is 5.56 Å². The smallest absolute Gasteiger partial charge is 0.316 e. The van der Waals surface area contributed by atoms with E-state index in [1.165, 1.54) is 19.5 Å². The molecule has 114 valence electrons. The maximum atomic E-state index is 12.7. The molecule has 1 fully saturated rings. The molecule has 0 unspecified atom stereocenters. The zero-order valence-electron chi connectivity index (χ0n) is 12.5. The number of amides is 1. The zero-order chi connectivity index (χ0) is 15.6. The lowest BCUT2D eigenvalue weighted by Crippen LogP contribution is -2.28. The summed E-state index contributed by atoms with van der Waals surface area (Å²) in [6.07, 6.45) is 4.66. The molecule has 1 heterocycles. The summed E-state index contributed by atoms with van der Waals surface area (Å²) in [4.78, 5) is 20.6. The Hall–Kier alpha value is -2.63. The molecule has 1 aromatic heterocycles. The molecule has 3 rings (SSSR count). The number of benzene rings is 1. The highest BCUT2D eigenvalue weighted by molar-refractivity contribution is 6.01. The number of carbonyl (C=O) groups is 1. The number of hydrogen-bond donors (Lipinski definition) is 1. The summed E-state index contributed by atoms with van der Waals surface area (Å²) in [5.74, 6) is 0.673. The average Bonchev–Trinajstić information content (AvgIpc) is 3.37. The molecule has 1 amide bonds. The number of hydrogen-bond acceptors (Lipinski definition) is 5. The van der Waals surface area contributed by atoms with Crippen LogP contribution in [0.25, 0.3) is 0 Å². The number of nitrogens with one attached hydrogen (secondary N) is 1. The van der Waals surface area contributed by atoms with Crippen molar-refractivity contribution in [3.8, 4) is 11.8 Å². The first kappa shape index (κ1) is 14.3. The molecular formula is C16H17N3O3. The van der Waals surface area contributed by atoms with E-state index in [2.05, 4.69) is 15.3 Å². The highest BCUT2D eigenvalue weighted by atomic mass is 16.5. The summed E-state index contributed by atoms with van der Waals surface area (Å²) in [5.41, 5.74) is 0.948. The molecule has 1 aliphatic rings. The second-order valence-corrected chi connectivity index (χ2v) is 5.19. The van der Waals surface area contributed by atoms with Crippen molar-refractivity contribution in [2.24, 2.45) is 0 Å². The van der Waals surface area contributed by atoms with Crippen molar-refractivity contribution in [2.45, 2.75) is 18.3 Å². The van der Waals surface area contributed by atoms with Gasteiger partial charge in [0.05, 0.1) is 37.7 Å². The van der Waals surface area contributed by atoms with Crippen molar-refractivity contribution in [2.75, 3.05) is 19.5 Å². The van der Waals surface area contributed by atoms with E-state index in [0.717, 1.165) is 24.2 Å². The Morgan fingerprint density at radius 2 is 1.82 bits per heavy atom. The molecule has 0 bridgehead atoms. The van der Waals surface area contributed by atoms with E-state index in [1.54, 1.807) is 7.11 Å². The molecule has 0 spiro atoms. The van der Waals surface area contributed by atoms with Gasteiger partial charge in [0.15, 0.2) is 0 Å². The van der Waals surface area contributed by atoms with Gasteiger partial charge in [-0.1, -0.05) is 18.2 Å². The Labute approximate surface area is 128 Å². The normalized spacial score (nSPS) is 15.0. The average molecular weight is 299 g/mol. The Bertz CT molecular complexity index is 681. The molecule has 6 nitrogen and oxygen atoms in total. The van der Waals surface area contributed by atoms with Crippen LogP contribution in [0.15, 0.2) is 36.7 Å². The largest absolute Gasteiger partial charge is 0.496 e. The minimum Gasteiger partial charge on any atom is -0.496 e. The summed E-state index contributed by atoms with van der Waals surface area (Å²) in [6.45, 7) is 0. The number of nitrogens with zero attached hydrogens (tertiary/aromatic N) is 2. The number of ether oxygens (including phenoxy) is 2. The summed E-state index contributed by atoms with van der Waals surface area (Å²) in [5, 5.41) is 2.87. The lowest BCUT2D eigenvalue weighted by molar-refractivity contribution is -0.118. The summed E-state index contributed by atoms with van der Waals surface area (Å²) < 4.78 is 10.3. The third-order valence-corrected chi connectivity index (χ3v) is 3.88. The molecule has 1 N–H and O–H groups in total. The van der Waals surface area contributed by atoms with Gasteiger partial charge in [0.1, 0.15) is 5.75 Å². The molecule has 0 saturated heterocycles. The molecule has 1 saturated carbocycles. The minimum absolute atomic E-state index is 0.0641. The van der Waals surface area contributed by atoms with Crippen molar-refractivity contribution in [1.29, 1.82) is 0 Å². The first-order valence-corrected chi connectivity index (χ1v) is 7.00. The van der Waals surface area contributed by atoms with Gasteiger partial charge in [-0.2, -0.15) is 0 Å². The van der Waals surface area contributed by atoms with Crippen LogP contribution in [-0.4, -0.2) is 30.1 Å². The topological polar surface area (TPSA) is 73.3 Å². The van der Waals surface area contributed by atoms with Gasteiger partial charge in [-0.15, -0.1) is 0 Å². The molecule has 6 heteroatoms. The van der Waals surface area contributed by atoms with Gasteiger partial charge in [0.2, 0.25) is 5.91 Å². The second-order valence-electron chi connectivity index (χ2n) is 5.19. The molecular weight excluding hydrogens is 282 g/mol. The van der Waals surface area contributed by atoms with E-state index < -0.39 is 5.41 Å². The molecule has 1 aromatic carbocycles. The Balaban J connectivity index is 1.81. The Kier molecular flexibility index (Phi) is 3.66. The van der Waals surface area contributed by atoms with Crippen LogP contribution >= 0.6 is 0 Å².